The summed E-state index contributed by atoms with van der Waals surface area (Å²) in [6.07, 6.45) is 0.909. The Labute approximate surface area is 92.9 Å². The largest absolute Gasteiger partial charge is 0.480 e. The van der Waals surface area contributed by atoms with Gasteiger partial charge in [0, 0.05) is 11.8 Å². The number of rotatable bonds is 1. The van der Waals surface area contributed by atoms with Crippen molar-refractivity contribution >= 4 is 21.7 Å². The molecule has 2 saturated heterocycles. The molecule has 0 aliphatic carbocycles. The van der Waals surface area contributed by atoms with E-state index in [9.17, 15) is 18.0 Å². The number of aliphatic carboxylic acids is 1. The molecule has 2 unspecified atom stereocenters. The van der Waals surface area contributed by atoms with Crippen LogP contribution in [0.2, 0.25) is 0 Å². The Bertz CT molecular complexity index is 443. The Morgan fingerprint density at radius 2 is 2.19 bits per heavy atom. The summed E-state index contributed by atoms with van der Waals surface area (Å²) in [7, 11) is -3.22. The highest BCUT2D eigenvalue weighted by atomic mass is 32.2. The van der Waals surface area contributed by atoms with Gasteiger partial charge in [0.05, 0.1) is 11.5 Å². The summed E-state index contributed by atoms with van der Waals surface area (Å²) in [4.78, 5) is 22.3. The fourth-order valence-electron chi connectivity index (χ4n) is 2.70. The van der Waals surface area contributed by atoms with Gasteiger partial charge in [0.25, 0.3) is 0 Å². The second kappa shape index (κ2) is 3.44. The van der Waals surface area contributed by atoms with Crippen LogP contribution in [0.4, 0.5) is 0 Å². The van der Waals surface area contributed by atoms with Gasteiger partial charge in [-0.25, -0.2) is 13.2 Å². The van der Waals surface area contributed by atoms with E-state index in [1.54, 1.807) is 0 Å². The van der Waals surface area contributed by atoms with Crippen molar-refractivity contribution in [2.45, 2.75) is 25.3 Å². The third-order valence-corrected chi connectivity index (χ3v) is 5.24. The smallest absolute Gasteiger partial charge is 0.326 e. The first-order valence-electron chi connectivity index (χ1n) is 5.07. The molecule has 0 bridgehead atoms. The van der Waals surface area contributed by atoms with Crippen LogP contribution < -0.4 is 5.32 Å². The van der Waals surface area contributed by atoms with Gasteiger partial charge in [-0.15, -0.1) is 0 Å². The molecule has 16 heavy (non-hydrogen) atoms. The molecular weight excluding hydrogens is 234 g/mol. The number of amides is 1. The maximum absolute atomic E-state index is 11.6. The summed E-state index contributed by atoms with van der Waals surface area (Å²) in [6.45, 7) is 0. The minimum atomic E-state index is -3.22. The van der Waals surface area contributed by atoms with Crippen molar-refractivity contribution in [1.29, 1.82) is 0 Å². The van der Waals surface area contributed by atoms with Crippen molar-refractivity contribution in [3.05, 3.63) is 0 Å². The van der Waals surface area contributed by atoms with E-state index in [0.29, 0.717) is 12.8 Å². The van der Waals surface area contributed by atoms with Gasteiger partial charge >= 0.3 is 5.97 Å². The molecule has 0 radical (unpaired) electrons. The van der Waals surface area contributed by atoms with Crippen LogP contribution in [-0.2, 0) is 19.4 Å². The minimum absolute atomic E-state index is 0.00317. The Balaban J connectivity index is 2.35. The Hall–Kier alpha value is -1.11. The quantitative estimate of drug-likeness (QED) is 0.629. The van der Waals surface area contributed by atoms with Crippen molar-refractivity contribution in [2.24, 2.45) is 5.41 Å². The van der Waals surface area contributed by atoms with Crippen molar-refractivity contribution in [3.63, 3.8) is 0 Å². The number of hydrogen-bond donors (Lipinski definition) is 2. The number of carboxylic acids is 1. The molecule has 1 spiro atoms. The first-order chi connectivity index (χ1) is 7.35. The van der Waals surface area contributed by atoms with Gasteiger partial charge in [-0.3, -0.25) is 4.79 Å². The molecule has 2 aliphatic heterocycles. The van der Waals surface area contributed by atoms with Crippen molar-refractivity contribution in [2.75, 3.05) is 11.5 Å². The van der Waals surface area contributed by atoms with Crippen LogP contribution in [0.5, 0.6) is 0 Å². The summed E-state index contributed by atoms with van der Waals surface area (Å²) in [6, 6.07) is -1.06. The van der Waals surface area contributed by atoms with Gasteiger partial charge in [0.1, 0.15) is 6.04 Å². The predicted octanol–water partition coefficient (Wildman–Crippen LogP) is -0.845. The fourth-order valence-corrected chi connectivity index (χ4v) is 4.72. The molecule has 6 nitrogen and oxygen atoms in total. The van der Waals surface area contributed by atoms with Crippen LogP contribution in [0.3, 0.4) is 0 Å². The second-order valence-electron chi connectivity index (χ2n) is 4.57. The zero-order chi connectivity index (χ0) is 12.0. The summed E-state index contributed by atoms with van der Waals surface area (Å²) < 4.78 is 23.1. The van der Waals surface area contributed by atoms with Gasteiger partial charge in [0.2, 0.25) is 5.91 Å². The summed E-state index contributed by atoms with van der Waals surface area (Å²) in [5.74, 6) is -1.63. The number of sulfone groups is 1. The summed E-state index contributed by atoms with van der Waals surface area (Å²) >= 11 is 0. The van der Waals surface area contributed by atoms with E-state index in [-0.39, 0.29) is 23.8 Å². The highest BCUT2D eigenvalue weighted by molar-refractivity contribution is 7.91. The molecule has 0 aromatic rings. The van der Waals surface area contributed by atoms with Crippen molar-refractivity contribution in [3.8, 4) is 0 Å². The zero-order valence-electron chi connectivity index (χ0n) is 8.60. The van der Waals surface area contributed by atoms with Gasteiger partial charge in [-0.05, 0) is 12.8 Å². The average Bonchev–Trinajstić information content (AvgIpc) is 2.40. The first kappa shape index (κ1) is 11.4. The third-order valence-electron chi connectivity index (χ3n) is 3.31. The fraction of sp³-hybridized carbons (Fsp3) is 0.778. The van der Waals surface area contributed by atoms with Gasteiger partial charge in [0.15, 0.2) is 9.84 Å². The lowest BCUT2D eigenvalue weighted by molar-refractivity contribution is -0.142. The molecule has 0 aromatic carbocycles. The van der Waals surface area contributed by atoms with E-state index in [4.69, 9.17) is 5.11 Å². The van der Waals surface area contributed by atoms with E-state index in [2.05, 4.69) is 5.32 Å². The monoisotopic (exact) mass is 247 g/mol. The Morgan fingerprint density at radius 1 is 1.50 bits per heavy atom. The minimum Gasteiger partial charge on any atom is -0.480 e. The van der Waals surface area contributed by atoms with Gasteiger partial charge < -0.3 is 10.4 Å². The second-order valence-corrected chi connectivity index (χ2v) is 6.76. The predicted molar refractivity (Wildman–Crippen MR) is 54.5 cm³/mol. The highest BCUT2D eigenvalue weighted by Crippen LogP contribution is 2.41. The van der Waals surface area contributed by atoms with E-state index in [0.717, 1.165) is 0 Å². The molecule has 2 N–H and O–H groups in total. The maximum atomic E-state index is 11.6. The van der Waals surface area contributed by atoms with Crippen LogP contribution in [-0.4, -0.2) is 42.9 Å². The van der Waals surface area contributed by atoms with Gasteiger partial charge in [-0.1, -0.05) is 0 Å². The lowest BCUT2D eigenvalue weighted by Gasteiger charge is -2.34. The van der Waals surface area contributed by atoms with Crippen LogP contribution >= 0.6 is 0 Å². The average molecular weight is 247 g/mol. The van der Waals surface area contributed by atoms with E-state index < -0.39 is 27.3 Å². The molecule has 7 heteroatoms. The lowest BCUT2D eigenvalue weighted by Crippen LogP contribution is -2.49. The normalized spacial score (nSPS) is 37.2. The molecule has 2 atom stereocenters. The molecule has 2 aliphatic rings. The highest BCUT2D eigenvalue weighted by Gasteiger charge is 2.54. The Kier molecular flexibility index (Phi) is 2.45. The van der Waals surface area contributed by atoms with Crippen LogP contribution in [0.25, 0.3) is 0 Å². The molecule has 1 amide bonds. The topological polar surface area (TPSA) is 101 Å². The number of carboxylic acid groups (broad SMARTS) is 1. The summed E-state index contributed by atoms with van der Waals surface area (Å²) in [5, 5.41) is 11.4. The zero-order valence-corrected chi connectivity index (χ0v) is 9.42. The molecule has 0 saturated carbocycles. The molecule has 2 fully saturated rings. The van der Waals surface area contributed by atoms with E-state index >= 15 is 0 Å². The Morgan fingerprint density at radius 3 is 2.75 bits per heavy atom. The number of hydrogen-bond acceptors (Lipinski definition) is 4. The van der Waals surface area contributed by atoms with Crippen molar-refractivity contribution in [1.82, 2.24) is 5.32 Å². The molecule has 0 aromatic heterocycles. The number of carbonyl (C=O) groups is 2. The molecular formula is C9H13NO5S. The third kappa shape index (κ3) is 1.79. The van der Waals surface area contributed by atoms with Gasteiger partial charge in [-0.2, -0.15) is 0 Å². The van der Waals surface area contributed by atoms with Crippen LogP contribution in [0.1, 0.15) is 19.3 Å². The molecule has 90 valence electrons. The summed E-state index contributed by atoms with van der Waals surface area (Å²) in [5.41, 5.74) is -0.931. The number of carbonyl (C=O) groups excluding carboxylic acids is 1. The standard InChI is InChI=1S/C9H13NO5S/c11-6-4-9(7(10-6)8(12)13)2-1-3-16(14,15)5-9/h7H,1-5H2,(H,10,11)(H,12,13). The first-order valence-corrected chi connectivity index (χ1v) is 6.89. The maximum Gasteiger partial charge on any atom is 0.326 e. The van der Waals surface area contributed by atoms with Crippen molar-refractivity contribution < 1.29 is 23.1 Å². The van der Waals surface area contributed by atoms with E-state index in [1.807, 2.05) is 0 Å². The SMILES string of the molecule is O=C1CC2(CCCS(=O)(=O)C2)C(C(=O)O)N1. The van der Waals surface area contributed by atoms with Crippen LogP contribution in [0, 0.1) is 5.41 Å². The number of nitrogens with one attached hydrogen (secondary N) is 1. The molecule has 2 rings (SSSR count). The van der Waals surface area contributed by atoms with Crippen LogP contribution in [0.15, 0.2) is 0 Å². The molecule has 2 heterocycles. The van der Waals surface area contributed by atoms with E-state index in [1.165, 1.54) is 0 Å². The lowest BCUT2D eigenvalue weighted by atomic mass is 9.78.